The number of hydrogen-bond donors (Lipinski definition) is 1. The third-order valence-electron chi connectivity index (χ3n) is 3.84. The van der Waals surface area contributed by atoms with Crippen LogP contribution in [-0.4, -0.2) is 42.3 Å². The first-order valence-corrected chi connectivity index (χ1v) is 7.33. The van der Waals surface area contributed by atoms with Gasteiger partial charge in [0.05, 0.1) is 18.3 Å². The standard InChI is InChI=1S/C14H20N6O/c1-4-19-8-12-17-18-13(10-6-15-16-7-10)20(12)11(14(19)21)5-9(2)3/h6-7,9,11H,4-5,8H2,1-3H3,(H,15,16)/t11-/m0/s1. The smallest absolute Gasteiger partial charge is 0.246 e. The molecule has 0 unspecified atom stereocenters. The third kappa shape index (κ3) is 2.32. The van der Waals surface area contributed by atoms with Crippen LogP contribution in [0.3, 0.4) is 0 Å². The third-order valence-corrected chi connectivity index (χ3v) is 3.84. The number of aromatic amines is 1. The fourth-order valence-electron chi connectivity index (χ4n) is 2.82. The number of aromatic nitrogens is 5. The maximum absolute atomic E-state index is 12.7. The zero-order chi connectivity index (χ0) is 15.0. The van der Waals surface area contributed by atoms with Gasteiger partial charge in [-0.1, -0.05) is 13.8 Å². The number of nitrogens with one attached hydrogen (secondary N) is 1. The summed E-state index contributed by atoms with van der Waals surface area (Å²) in [6.45, 7) is 7.46. The van der Waals surface area contributed by atoms with Crippen LogP contribution in [0.4, 0.5) is 0 Å². The first-order valence-electron chi connectivity index (χ1n) is 7.33. The topological polar surface area (TPSA) is 79.7 Å². The molecule has 0 saturated carbocycles. The Morgan fingerprint density at radius 2 is 2.24 bits per heavy atom. The van der Waals surface area contributed by atoms with Crippen molar-refractivity contribution >= 4 is 5.91 Å². The summed E-state index contributed by atoms with van der Waals surface area (Å²) >= 11 is 0. The van der Waals surface area contributed by atoms with E-state index in [0.717, 1.165) is 17.8 Å². The van der Waals surface area contributed by atoms with E-state index in [1.54, 1.807) is 12.4 Å². The van der Waals surface area contributed by atoms with E-state index >= 15 is 0 Å². The first-order chi connectivity index (χ1) is 10.1. The lowest BCUT2D eigenvalue weighted by Crippen LogP contribution is -2.43. The predicted molar refractivity (Wildman–Crippen MR) is 77.2 cm³/mol. The molecule has 0 aromatic carbocycles. The van der Waals surface area contributed by atoms with E-state index in [4.69, 9.17) is 0 Å². The molecular formula is C14H20N6O. The van der Waals surface area contributed by atoms with Crippen LogP contribution >= 0.6 is 0 Å². The highest BCUT2D eigenvalue weighted by molar-refractivity contribution is 5.82. The SMILES string of the molecule is CCN1Cc2nnc(-c3cn[nH]c3)n2[C@@H](CC(C)C)C1=O. The van der Waals surface area contributed by atoms with Crippen LogP contribution < -0.4 is 0 Å². The minimum Gasteiger partial charge on any atom is -0.334 e. The molecule has 21 heavy (non-hydrogen) atoms. The number of likely N-dealkylation sites (N-methyl/N-ethyl adjacent to an activating group) is 1. The molecule has 7 heteroatoms. The lowest BCUT2D eigenvalue weighted by atomic mass is 10.0. The summed E-state index contributed by atoms with van der Waals surface area (Å²) in [5.41, 5.74) is 0.861. The molecule has 0 aliphatic carbocycles. The Balaban J connectivity index is 2.08. The van der Waals surface area contributed by atoms with E-state index in [2.05, 4.69) is 34.2 Å². The number of amides is 1. The maximum Gasteiger partial charge on any atom is 0.246 e. The number of carbonyl (C=O) groups is 1. The first kappa shape index (κ1) is 13.8. The minimum atomic E-state index is -0.228. The van der Waals surface area contributed by atoms with Gasteiger partial charge < -0.3 is 4.90 Å². The highest BCUT2D eigenvalue weighted by Crippen LogP contribution is 2.31. The van der Waals surface area contributed by atoms with Crippen molar-refractivity contribution in [3.8, 4) is 11.4 Å². The molecule has 3 rings (SSSR count). The number of rotatable bonds is 4. The van der Waals surface area contributed by atoms with Gasteiger partial charge in [-0.25, -0.2) is 0 Å². The lowest BCUT2D eigenvalue weighted by Gasteiger charge is -2.33. The molecule has 1 atom stereocenters. The highest BCUT2D eigenvalue weighted by Gasteiger charge is 2.36. The molecule has 1 aliphatic rings. The van der Waals surface area contributed by atoms with Crippen LogP contribution in [-0.2, 0) is 11.3 Å². The largest absolute Gasteiger partial charge is 0.334 e. The Bertz CT molecular complexity index is 630. The second-order valence-corrected chi connectivity index (χ2v) is 5.79. The van der Waals surface area contributed by atoms with Gasteiger partial charge in [-0.15, -0.1) is 10.2 Å². The summed E-state index contributed by atoms with van der Waals surface area (Å²) in [4.78, 5) is 14.5. The highest BCUT2D eigenvalue weighted by atomic mass is 16.2. The lowest BCUT2D eigenvalue weighted by molar-refractivity contribution is -0.137. The summed E-state index contributed by atoms with van der Waals surface area (Å²) in [5, 5.41) is 15.3. The van der Waals surface area contributed by atoms with Gasteiger partial charge in [0.1, 0.15) is 6.04 Å². The molecular weight excluding hydrogens is 268 g/mol. The van der Waals surface area contributed by atoms with Crippen LogP contribution in [0.1, 0.15) is 39.1 Å². The second-order valence-electron chi connectivity index (χ2n) is 5.79. The van der Waals surface area contributed by atoms with Gasteiger partial charge in [-0.05, 0) is 19.3 Å². The molecule has 0 spiro atoms. The van der Waals surface area contributed by atoms with E-state index in [9.17, 15) is 4.79 Å². The normalized spacial score (nSPS) is 18.4. The number of fused-ring (bicyclic) bond motifs is 1. The molecule has 2 aromatic rings. The minimum absolute atomic E-state index is 0.156. The zero-order valence-corrected chi connectivity index (χ0v) is 12.6. The van der Waals surface area contributed by atoms with Gasteiger partial charge >= 0.3 is 0 Å². The van der Waals surface area contributed by atoms with Gasteiger partial charge in [0.2, 0.25) is 5.91 Å². The van der Waals surface area contributed by atoms with E-state index in [-0.39, 0.29) is 11.9 Å². The van der Waals surface area contributed by atoms with Gasteiger partial charge in [0.15, 0.2) is 11.6 Å². The Labute approximate surface area is 123 Å². The van der Waals surface area contributed by atoms with Crippen molar-refractivity contribution < 1.29 is 4.79 Å². The number of H-pyrrole nitrogens is 1. The molecule has 1 amide bonds. The summed E-state index contributed by atoms with van der Waals surface area (Å²) in [7, 11) is 0. The van der Waals surface area contributed by atoms with Crippen molar-refractivity contribution in [1.82, 2.24) is 29.9 Å². The van der Waals surface area contributed by atoms with Crippen LogP contribution in [0.5, 0.6) is 0 Å². The Morgan fingerprint density at radius 3 is 2.86 bits per heavy atom. The van der Waals surface area contributed by atoms with E-state index in [1.807, 2.05) is 16.4 Å². The van der Waals surface area contributed by atoms with Crippen molar-refractivity contribution in [2.75, 3.05) is 6.54 Å². The molecule has 0 radical (unpaired) electrons. The quantitative estimate of drug-likeness (QED) is 0.927. The van der Waals surface area contributed by atoms with Gasteiger partial charge in [-0.3, -0.25) is 14.5 Å². The van der Waals surface area contributed by atoms with Gasteiger partial charge in [0, 0.05) is 12.7 Å². The maximum atomic E-state index is 12.7. The van der Waals surface area contributed by atoms with E-state index in [1.165, 1.54) is 0 Å². The van der Waals surface area contributed by atoms with Crippen LogP contribution in [0.25, 0.3) is 11.4 Å². The van der Waals surface area contributed by atoms with Crippen LogP contribution in [0, 0.1) is 5.92 Å². The Hall–Kier alpha value is -2.18. The second kappa shape index (κ2) is 5.31. The Kier molecular flexibility index (Phi) is 3.48. The van der Waals surface area contributed by atoms with Crippen molar-refractivity contribution in [2.24, 2.45) is 5.92 Å². The molecule has 3 heterocycles. The van der Waals surface area contributed by atoms with Crippen LogP contribution in [0.15, 0.2) is 12.4 Å². The summed E-state index contributed by atoms with van der Waals surface area (Å²) in [6, 6.07) is -0.228. The van der Waals surface area contributed by atoms with Crippen molar-refractivity contribution in [1.29, 1.82) is 0 Å². The van der Waals surface area contributed by atoms with Crippen molar-refractivity contribution in [2.45, 2.75) is 39.8 Å². The molecule has 0 bridgehead atoms. The fourth-order valence-corrected chi connectivity index (χ4v) is 2.82. The summed E-state index contributed by atoms with van der Waals surface area (Å²) in [6.07, 6.45) is 4.27. The van der Waals surface area contributed by atoms with E-state index in [0.29, 0.717) is 24.8 Å². The number of carbonyl (C=O) groups excluding carboxylic acids is 1. The molecule has 1 N–H and O–H groups in total. The monoisotopic (exact) mass is 288 g/mol. The van der Waals surface area contributed by atoms with Gasteiger partial charge in [-0.2, -0.15) is 5.10 Å². The number of hydrogen-bond acceptors (Lipinski definition) is 4. The van der Waals surface area contributed by atoms with Gasteiger partial charge in [0.25, 0.3) is 0 Å². The average molecular weight is 288 g/mol. The fraction of sp³-hybridized carbons (Fsp3) is 0.571. The molecule has 0 saturated heterocycles. The van der Waals surface area contributed by atoms with Crippen LogP contribution in [0.2, 0.25) is 0 Å². The average Bonchev–Trinajstić information content (AvgIpc) is 3.09. The summed E-state index contributed by atoms with van der Waals surface area (Å²) in [5.74, 6) is 2.14. The summed E-state index contributed by atoms with van der Waals surface area (Å²) < 4.78 is 1.99. The molecule has 112 valence electrons. The molecule has 7 nitrogen and oxygen atoms in total. The Morgan fingerprint density at radius 1 is 1.43 bits per heavy atom. The molecule has 0 fully saturated rings. The van der Waals surface area contributed by atoms with Crippen molar-refractivity contribution in [3.05, 3.63) is 18.2 Å². The van der Waals surface area contributed by atoms with Crippen molar-refractivity contribution in [3.63, 3.8) is 0 Å². The molecule has 1 aliphatic heterocycles. The molecule has 2 aromatic heterocycles. The zero-order valence-electron chi connectivity index (χ0n) is 12.6. The predicted octanol–water partition coefficient (Wildman–Crippen LogP) is 1.62. The number of nitrogens with zero attached hydrogens (tertiary/aromatic N) is 5. The van der Waals surface area contributed by atoms with E-state index < -0.39 is 0 Å².